The summed E-state index contributed by atoms with van der Waals surface area (Å²) in [6.07, 6.45) is 0.352. The van der Waals surface area contributed by atoms with Crippen molar-refractivity contribution in [2.45, 2.75) is 31.8 Å². The summed E-state index contributed by atoms with van der Waals surface area (Å²) in [5.41, 5.74) is 13.7. The number of nitrogens with two attached hydrogens (primary N) is 2. The molecule has 0 radical (unpaired) electrons. The second-order valence-corrected chi connectivity index (χ2v) is 6.10. The predicted molar refractivity (Wildman–Crippen MR) is 90.6 cm³/mol. The first-order valence-electron chi connectivity index (χ1n) is 7.47. The highest BCUT2D eigenvalue weighted by Crippen LogP contribution is 2.39. The van der Waals surface area contributed by atoms with E-state index in [1.807, 2.05) is 19.1 Å². The molecule has 0 aliphatic heterocycles. The minimum absolute atomic E-state index is 0.0145. The van der Waals surface area contributed by atoms with Gasteiger partial charge in [0.15, 0.2) is 11.5 Å². The number of benzene rings is 2. The van der Waals surface area contributed by atoms with Crippen molar-refractivity contribution in [1.29, 1.82) is 0 Å². The quantitative estimate of drug-likeness (QED) is 0.679. The Morgan fingerprint density at radius 2 is 1.78 bits per heavy atom. The fourth-order valence-electron chi connectivity index (χ4n) is 2.81. The average Bonchev–Trinajstić information content (AvgIpc) is 2.49. The van der Waals surface area contributed by atoms with Crippen LogP contribution in [-0.2, 0) is 5.54 Å². The van der Waals surface area contributed by atoms with Crippen molar-refractivity contribution in [2.75, 3.05) is 7.11 Å². The molecule has 5 nitrogen and oxygen atoms in total. The van der Waals surface area contributed by atoms with Crippen LogP contribution in [0.3, 0.4) is 0 Å². The highest BCUT2D eigenvalue weighted by Gasteiger charge is 2.29. The number of hydrogen-bond acceptors (Lipinski definition) is 5. The van der Waals surface area contributed by atoms with Crippen molar-refractivity contribution < 1.29 is 14.9 Å². The number of aryl methyl sites for hydroxylation is 1. The van der Waals surface area contributed by atoms with Crippen LogP contribution in [0.15, 0.2) is 36.4 Å². The van der Waals surface area contributed by atoms with E-state index in [9.17, 15) is 10.2 Å². The molecule has 0 saturated carbocycles. The summed E-state index contributed by atoms with van der Waals surface area (Å²) in [5.74, 6) is 0.567. The van der Waals surface area contributed by atoms with Gasteiger partial charge in [-0.2, -0.15) is 0 Å². The molecular weight excluding hydrogens is 292 g/mol. The molecule has 5 heteroatoms. The standard InChI is InChI=1S/C18H24N2O3/c1-11-6-4-7-12(16(11)21)14(19)10-18(2,20)13-8-5-9-15(23-3)17(13)22/h4-9,14,21-22H,10,19-20H2,1-3H3. The van der Waals surface area contributed by atoms with Crippen molar-refractivity contribution in [3.05, 3.63) is 53.1 Å². The number of phenols is 2. The summed E-state index contributed by atoms with van der Waals surface area (Å²) < 4.78 is 5.13. The molecule has 2 aromatic rings. The van der Waals surface area contributed by atoms with Crippen LogP contribution in [0.5, 0.6) is 17.2 Å². The van der Waals surface area contributed by atoms with Crippen molar-refractivity contribution in [2.24, 2.45) is 11.5 Å². The van der Waals surface area contributed by atoms with Crippen molar-refractivity contribution in [3.63, 3.8) is 0 Å². The van der Waals surface area contributed by atoms with Gasteiger partial charge >= 0.3 is 0 Å². The number of methoxy groups -OCH3 is 1. The minimum Gasteiger partial charge on any atom is -0.507 e. The van der Waals surface area contributed by atoms with Gasteiger partial charge in [0.1, 0.15) is 5.75 Å². The Kier molecular flexibility index (Phi) is 4.82. The van der Waals surface area contributed by atoms with Gasteiger partial charge in [-0.15, -0.1) is 0 Å². The third-order valence-electron chi connectivity index (χ3n) is 4.15. The molecule has 0 fully saturated rings. The van der Waals surface area contributed by atoms with E-state index in [1.165, 1.54) is 7.11 Å². The Morgan fingerprint density at radius 3 is 2.43 bits per heavy atom. The second-order valence-electron chi connectivity index (χ2n) is 6.10. The Morgan fingerprint density at radius 1 is 1.13 bits per heavy atom. The molecule has 0 saturated heterocycles. The predicted octanol–water partition coefficient (Wildman–Crippen LogP) is 2.68. The van der Waals surface area contributed by atoms with E-state index in [-0.39, 0.29) is 11.5 Å². The molecule has 2 atom stereocenters. The number of phenolic OH excluding ortho intramolecular Hbond substituents is 2. The van der Waals surface area contributed by atoms with Gasteiger partial charge in [0, 0.05) is 22.7 Å². The zero-order valence-electron chi connectivity index (χ0n) is 13.7. The smallest absolute Gasteiger partial charge is 0.162 e. The fraction of sp³-hybridized carbons (Fsp3) is 0.333. The lowest BCUT2D eigenvalue weighted by atomic mass is 9.83. The SMILES string of the molecule is COc1cccc(C(C)(N)CC(N)c2cccc(C)c2O)c1O. The fourth-order valence-corrected chi connectivity index (χ4v) is 2.81. The summed E-state index contributed by atoms with van der Waals surface area (Å²) >= 11 is 0. The largest absolute Gasteiger partial charge is 0.507 e. The maximum Gasteiger partial charge on any atom is 0.162 e. The van der Waals surface area contributed by atoms with Gasteiger partial charge in [-0.05, 0) is 31.9 Å². The molecule has 0 aliphatic rings. The third kappa shape index (κ3) is 3.41. The first kappa shape index (κ1) is 17.1. The van der Waals surface area contributed by atoms with Crippen molar-refractivity contribution in [3.8, 4) is 17.2 Å². The molecule has 6 N–H and O–H groups in total. The Hall–Kier alpha value is -2.24. The number of rotatable bonds is 5. The second kappa shape index (κ2) is 6.48. The summed E-state index contributed by atoms with van der Waals surface area (Å²) in [5, 5.41) is 20.5. The Labute approximate surface area is 136 Å². The van der Waals surface area contributed by atoms with Gasteiger partial charge in [0.25, 0.3) is 0 Å². The lowest BCUT2D eigenvalue weighted by Crippen LogP contribution is -2.36. The molecule has 124 valence electrons. The van der Waals surface area contributed by atoms with E-state index in [4.69, 9.17) is 16.2 Å². The van der Waals surface area contributed by atoms with E-state index in [0.717, 1.165) is 5.56 Å². The van der Waals surface area contributed by atoms with Gasteiger partial charge in [0.2, 0.25) is 0 Å². The molecule has 23 heavy (non-hydrogen) atoms. The molecule has 0 aliphatic carbocycles. The number of hydrogen-bond donors (Lipinski definition) is 4. The molecule has 0 heterocycles. The van der Waals surface area contributed by atoms with E-state index >= 15 is 0 Å². The lowest BCUT2D eigenvalue weighted by Gasteiger charge is -2.30. The Bertz CT molecular complexity index is 699. The van der Waals surface area contributed by atoms with Crippen molar-refractivity contribution >= 4 is 0 Å². The summed E-state index contributed by atoms with van der Waals surface area (Å²) in [7, 11) is 1.49. The lowest BCUT2D eigenvalue weighted by molar-refractivity contribution is 0.345. The first-order chi connectivity index (χ1) is 10.8. The third-order valence-corrected chi connectivity index (χ3v) is 4.15. The summed E-state index contributed by atoms with van der Waals surface area (Å²) in [6.45, 7) is 3.62. The Balaban J connectivity index is 2.32. The molecule has 2 unspecified atom stereocenters. The van der Waals surface area contributed by atoms with Gasteiger partial charge < -0.3 is 26.4 Å². The van der Waals surface area contributed by atoms with E-state index < -0.39 is 11.6 Å². The monoisotopic (exact) mass is 316 g/mol. The number of para-hydroxylation sites is 2. The normalized spacial score (nSPS) is 15.0. The van der Waals surface area contributed by atoms with E-state index in [2.05, 4.69) is 0 Å². The van der Waals surface area contributed by atoms with Crippen LogP contribution >= 0.6 is 0 Å². The number of ether oxygens (including phenoxy) is 1. The van der Waals surface area contributed by atoms with Gasteiger partial charge in [-0.1, -0.05) is 30.3 Å². The molecule has 2 aromatic carbocycles. The topological polar surface area (TPSA) is 102 Å². The highest BCUT2D eigenvalue weighted by molar-refractivity contribution is 5.49. The van der Waals surface area contributed by atoms with Crippen LogP contribution in [0.25, 0.3) is 0 Å². The molecule has 2 rings (SSSR count). The van der Waals surface area contributed by atoms with Crippen molar-refractivity contribution in [1.82, 2.24) is 0 Å². The zero-order valence-corrected chi connectivity index (χ0v) is 13.7. The molecular formula is C18H24N2O3. The van der Waals surface area contributed by atoms with E-state index in [0.29, 0.717) is 23.3 Å². The van der Waals surface area contributed by atoms with E-state index in [1.54, 1.807) is 31.2 Å². The van der Waals surface area contributed by atoms with Crippen LogP contribution in [0.2, 0.25) is 0 Å². The average molecular weight is 316 g/mol. The van der Waals surface area contributed by atoms with Crippen LogP contribution in [-0.4, -0.2) is 17.3 Å². The molecule has 0 amide bonds. The zero-order chi connectivity index (χ0) is 17.2. The van der Waals surface area contributed by atoms with Crippen LogP contribution < -0.4 is 16.2 Å². The first-order valence-corrected chi connectivity index (χ1v) is 7.47. The van der Waals surface area contributed by atoms with Gasteiger partial charge in [0.05, 0.1) is 7.11 Å². The summed E-state index contributed by atoms with van der Waals surface area (Å²) in [4.78, 5) is 0. The molecule has 0 aromatic heterocycles. The van der Waals surface area contributed by atoms with Gasteiger partial charge in [-0.3, -0.25) is 0 Å². The van der Waals surface area contributed by atoms with Crippen LogP contribution in [0, 0.1) is 6.92 Å². The highest BCUT2D eigenvalue weighted by atomic mass is 16.5. The maximum atomic E-state index is 10.3. The molecule has 0 spiro atoms. The minimum atomic E-state index is -0.881. The van der Waals surface area contributed by atoms with Gasteiger partial charge in [-0.25, -0.2) is 0 Å². The molecule has 0 bridgehead atoms. The number of aromatic hydroxyl groups is 2. The van der Waals surface area contributed by atoms with Crippen LogP contribution in [0.4, 0.5) is 0 Å². The maximum absolute atomic E-state index is 10.3. The van der Waals surface area contributed by atoms with Crippen LogP contribution in [0.1, 0.15) is 36.1 Å². The summed E-state index contributed by atoms with van der Waals surface area (Å²) in [6, 6.07) is 10.2.